The Morgan fingerprint density at radius 2 is 2.32 bits per heavy atom. The number of rotatable bonds is 4. The fourth-order valence-electron chi connectivity index (χ4n) is 2.88. The van der Waals surface area contributed by atoms with Crippen LogP contribution < -0.4 is 10.6 Å². The van der Waals surface area contributed by atoms with Gasteiger partial charge in [-0.05, 0) is 30.4 Å². The third-order valence-electron chi connectivity index (χ3n) is 3.88. The molecule has 0 bridgehead atoms. The quantitative estimate of drug-likeness (QED) is 0.908. The molecule has 1 amide bonds. The smallest absolute Gasteiger partial charge is 0.252 e. The minimum atomic E-state index is -0.539. The van der Waals surface area contributed by atoms with E-state index < -0.39 is 5.91 Å². The van der Waals surface area contributed by atoms with Gasteiger partial charge in [0.1, 0.15) is 0 Å². The Morgan fingerprint density at radius 1 is 1.50 bits per heavy atom. The fraction of sp³-hybridized carbons (Fsp3) is 0.429. The molecule has 3 heterocycles. The summed E-state index contributed by atoms with van der Waals surface area (Å²) in [7, 11) is 1.91. The number of hydrogen-bond acceptors (Lipinski definition) is 5. The van der Waals surface area contributed by atoms with Crippen LogP contribution in [0.25, 0.3) is 0 Å². The van der Waals surface area contributed by atoms with Gasteiger partial charge in [0.2, 0.25) is 0 Å². The topological polar surface area (TPSA) is 89.9 Å². The predicted molar refractivity (Wildman–Crippen MR) is 82.8 cm³/mol. The first-order chi connectivity index (χ1) is 10.5. The second kappa shape index (κ2) is 5.92. The Morgan fingerprint density at radius 3 is 3.00 bits per heavy atom. The van der Waals surface area contributed by atoms with Crippen LogP contribution in [0.5, 0.6) is 0 Å². The highest BCUT2D eigenvalue weighted by molar-refractivity contribution is 6.29. The molecule has 116 valence electrons. The first kappa shape index (κ1) is 14.8. The highest BCUT2D eigenvalue weighted by atomic mass is 35.5. The lowest BCUT2D eigenvalue weighted by molar-refractivity contribution is 0.100. The fourth-order valence-corrected chi connectivity index (χ4v) is 3.03. The number of hydrogen-bond donors (Lipinski definition) is 1. The van der Waals surface area contributed by atoms with Gasteiger partial charge in [0.25, 0.3) is 5.91 Å². The van der Waals surface area contributed by atoms with Crippen LogP contribution in [0.1, 0.15) is 22.3 Å². The highest BCUT2D eigenvalue weighted by Gasteiger charge is 2.27. The van der Waals surface area contributed by atoms with E-state index in [1.807, 2.05) is 24.3 Å². The van der Waals surface area contributed by atoms with Gasteiger partial charge in [-0.3, -0.25) is 9.48 Å². The predicted octanol–water partition coefficient (Wildman–Crippen LogP) is 1.03. The molecule has 0 aromatic carbocycles. The minimum absolute atomic E-state index is 0.170. The van der Waals surface area contributed by atoms with E-state index in [1.54, 1.807) is 4.68 Å². The summed E-state index contributed by atoms with van der Waals surface area (Å²) in [6.07, 6.45) is 5.90. The number of carbonyl (C=O) groups excluding carboxylic acids is 1. The molecule has 1 aliphatic rings. The maximum atomic E-state index is 11.6. The molecule has 1 fully saturated rings. The number of amides is 1. The van der Waals surface area contributed by atoms with Crippen molar-refractivity contribution in [2.24, 2.45) is 18.7 Å². The van der Waals surface area contributed by atoms with Crippen molar-refractivity contribution in [1.29, 1.82) is 0 Å². The molecule has 2 N–H and O–H groups in total. The summed E-state index contributed by atoms with van der Waals surface area (Å²) >= 11 is 5.80. The molecule has 0 saturated carbocycles. The van der Waals surface area contributed by atoms with Gasteiger partial charge in [0, 0.05) is 26.3 Å². The van der Waals surface area contributed by atoms with Gasteiger partial charge in [0.05, 0.1) is 11.8 Å². The summed E-state index contributed by atoms with van der Waals surface area (Å²) in [5.41, 5.74) is 6.94. The molecule has 8 heteroatoms. The molecular formula is C14H17ClN6O. The summed E-state index contributed by atoms with van der Waals surface area (Å²) < 4.78 is 1.80. The van der Waals surface area contributed by atoms with Gasteiger partial charge in [-0.25, -0.2) is 0 Å². The van der Waals surface area contributed by atoms with Gasteiger partial charge >= 0.3 is 0 Å². The van der Waals surface area contributed by atoms with Gasteiger partial charge in [0.15, 0.2) is 11.0 Å². The SMILES string of the molecule is Cn1cc(CC2CCN(c3nnc(Cl)cc3C(N)=O)C2)cn1. The second-order valence-corrected chi connectivity index (χ2v) is 5.98. The maximum absolute atomic E-state index is 11.6. The minimum Gasteiger partial charge on any atom is -0.365 e. The lowest BCUT2D eigenvalue weighted by Crippen LogP contribution is -2.26. The lowest BCUT2D eigenvalue weighted by Gasteiger charge is -2.19. The number of anilines is 1. The molecule has 0 aliphatic carbocycles. The van der Waals surface area contributed by atoms with E-state index >= 15 is 0 Å². The molecule has 1 atom stereocenters. The van der Waals surface area contributed by atoms with E-state index in [0.29, 0.717) is 17.3 Å². The Hall–Kier alpha value is -2.15. The lowest BCUT2D eigenvalue weighted by atomic mass is 10.0. The van der Waals surface area contributed by atoms with Crippen molar-refractivity contribution in [2.75, 3.05) is 18.0 Å². The molecule has 0 spiro atoms. The normalized spacial score (nSPS) is 17.9. The zero-order valence-electron chi connectivity index (χ0n) is 12.2. The Labute approximate surface area is 133 Å². The summed E-state index contributed by atoms with van der Waals surface area (Å²) in [5.74, 6) is 0.468. The van der Waals surface area contributed by atoms with Crippen molar-refractivity contribution in [3.05, 3.63) is 34.7 Å². The van der Waals surface area contributed by atoms with Crippen molar-refractivity contribution in [1.82, 2.24) is 20.0 Å². The number of carbonyl (C=O) groups is 1. The van der Waals surface area contributed by atoms with Crippen molar-refractivity contribution in [3.8, 4) is 0 Å². The largest absolute Gasteiger partial charge is 0.365 e. The summed E-state index contributed by atoms with van der Waals surface area (Å²) in [6, 6.07) is 1.47. The molecule has 2 aromatic heterocycles. The molecular weight excluding hydrogens is 304 g/mol. The number of halogens is 1. The van der Waals surface area contributed by atoms with E-state index in [0.717, 1.165) is 25.9 Å². The molecule has 22 heavy (non-hydrogen) atoms. The monoisotopic (exact) mass is 320 g/mol. The van der Waals surface area contributed by atoms with Crippen molar-refractivity contribution in [2.45, 2.75) is 12.8 Å². The standard InChI is InChI=1S/C14H17ClN6O/c1-20-7-10(6-17-20)4-9-2-3-21(8-9)14-11(13(16)22)5-12(15)18-19-14/h5-7,9H,2-4,8H2,1H3,(H2,16,22). The van der Waals surface area contributed by atoms with E-state index in [2.05, 4.69) is 15.3 Å². The van der Waals surface area contributed by atoms with Crippen LogP contribution in [0.3, 0.4) is 0 Å². The summed E-state index contributed by atoms with van der Waals surface area (Å²) in [6.45, 7) is 1.63. The Kier molecular flexibility index (Phi) is 3.98. The first-order valence-electron chi connectivity index (χ1n) is 7.08. The zero-order valence-corrected chi connectivity index (χ0v) is 13.0. The molecule has 0 radical (unpaired) electrons. The molecule has 1 unspecified atom stereocenters. The van der Waals surface area contributed by atoms with E-state index in [9.17, 15) is 4.79 Å². The van der Waals surface area contributed by atoms with Gasteiger partial charge in [-0.15, -0.1) is 10.2 Å². The van der Waals surface area contributed by atoms with Crippen LogP contribution in [0, 0.1) is 5.92 Å². The van der Waals surface area contributed by atoms with Crippen molar-refractivity contribution in [3.63, 3.8) is 0 Å². The third-order valence-corrected chi connectivity index (χ3v) is 4.06. The zero-order chi connectivity index (χ0) is 15.7. The van der Waals surface area contributed by atoms with Crippen LogP contribution >= 0.6 is 11.6 Å². The van der Waals surface area contributed by atoms with Crippen LogP contribution in [0.4, 0.5) is 5.82 Å². The molecule has 1 saturated heterocycles. The van der Waals surface area contributed by atoms with Crippen LogP contribution in [-0.2, 0) is 13.5 Å². The van der Waals surface area contributed by atoms with Crippen LogP contribution in [0.2, 0.25) is 5.15 Å². The van der Waals surface area contributed by atoms with E-state index in [4.69, 9.17) is 17.3 Å². The van der Waals surface area contributed by atoms with Crippen LogP contribution in [-0.4, -0.2) is 39.0 Å². The number of nitrogens with two attached hydrogens (primary N) is 1. The summed E-state index contributed by atoms with van der Waals surface area (Å²) in [5, 5.41) is 12.2. The second-order valence-electron chi connectivity index (χ2n) is 5.60. The Bertz CT molecular complexity index is 700. The van der Waals surface area contributed by atoms with E-state index in [1.165, 1.54) is 11.6 Å². The molecule has 7 nitrogen and oxygen atoms in total. The van der Waals surface area contributed by atoms with Crippen molar-refractivity contribution >= 4 is 23.3 Å². The number of aryl methyl sites for hydroxylation is 1. The third kappa shape index (κ3) is 3.04. The number of aromatic nitrogens is 4. The average Bonchev–Trinajstić information content (AvgIpc) is 3.08. The number of primary amides is 1. The van der Waals surface area contributed by atoms with Gasteiger partial charge < -0.3 is 10.6 Å². The first-order valence-corrected chi connectivity index (χ1v) is 7.46. The van der Waals surface area contributed by atoms with Crippen LogP contribution in [0.15, 0.2) is 18.5 Å². The average molecular weight is 321 g/mol. The Balaban J connectivity index is 1.74. The highest BCUT2D eigenvalue weighted by Crippen LogP contribution is 2.27. The maximum Gasteiger partial charge on any atom is 0.252 e. The number of nitrogens with zero attached hydrogens (tertiary/aromatic N) is 5. The van der Waals surface area contributed by atoms with Gasteiger partial charge in [-0.2, -0.15) is 5.10 Å². The van der Waals surface area contributed by atoms with E-state index in [-0.39, 0.29) is 5.15 Å². The van der Waals surface area contributed by atoms with Gasteiger partial charge in [-0.1, -0.05) is 11.6 Å². The molecule has 3 rings (SSSR count). The molecule has 1 aliphatic heterocycles. The van der Waals surface area contributed by atoms with Crippen molar-refractivity contribution < 1.29 is 4.79 Å². The summed E-state index contributed by atoms with van der Waals surface area (Å²) in [4.78, 5) is 13.6. The molecule has 2 aromatic rings.